The van der Waals surface area contributed by atoms with Crippen LogP contribution in [0.4, 0.5) is 0 Å². The van der Waals surface area contributed by atoms with Crippen LogP contribution in [-0.2, 0) is 4.79 Å². The second kappa shape index (κ2) is 4.22. The van der Waals surface area contributed by atoms with Crippen LogP contribution in [0.25, 0.3) is 0 Å². The van der Waals surface area contributed by atoms with E-state index in [9.17, 15) is 15.0 Å². The molecule has 0 radical (unpaired) electrons. The minimum absolute atomic E-state index is 0.0164. The predicted octanol–water partition coefficient (Wildman–Crippen LogP) is 2.67. The van der Waals surface area contributed by atoms with Crippen molar-refractivity contribution in [2.75, 3.05) is 0 Å². The van der Waals surface area contributed by atoms with Crippen LogP contribution >= 0.6 is 0 Å². The van der Waals surface area contributed by atoms with Gasteiger partial charge in [0.15, 0.2) is 5.60 Å². The van der Waals surface area contributed by atoms with E-state index in [0.29, 0.717) is 18.3 Å². The largest absolute Gasteiger partial charge is 0.479 e. The lowest BCUT2D eigenvalue weighted by molar-refractivity contribution is -0.188. The summed E-state index contributed by atoms with van der Waals surface area (Å²) in [5.41, 5.74) is -1.46. The Hall–Kier alpha value is -0.570. The number of carbonyl (C=O) groups is 1. The Bertz CT molecular complexity index is 324. The summed E-state index contributed by atoms with van der Waals surface area (Å²) in [5.74, 6) is 1.61. The number of hydrogen-bond acceptors (Lipinski definition) is 2. The molecule has 0 aliphatic heterocycles. The van der Waals surface area contributed by atoms with Gasteiger partial charge in [-0.2, -0.15) is 0 Å². The van der Waals surface area contributed by atoms with Crippen LogP contribution in [0.3, 0.4) is 0 Å². The van der Waals surface area contributed by atoms with Crippen LogP contribution in [0.2, 0.25) is 0 Å². The summed E-state index contributed by atoms with van der Waals surface area (Å²) in [6.45, 7) is 1.96. The summed E-state index contributed by atoms with van der Waals surface area (Å²) < 4.78 is 0. The van der Waals surface area contributed by atoms with Crippen LogP contribution in [0.15, 0.2) is 0 Å². The van der Waals surface area contributed by atoms with Crippen molar-refractivity contribution in [1.82, 2.24) is 0 Å². The summed E-state index contributed by atoms with van der Waals surface area (Å²) in [5, 5.41) is 20.2. The molecule has 4 bridgehead atoms. The molecule has 3 nitrogen and oxygen atoms in total. The fourth-order valence-corrected chi connectivity index (χ4v) is 5.50. The molecule has 0 heterocycles. The molecule has 4 saturated carbocycles. The van der Waals surface area contributed by atoms with Crippen molar-refractivity contribution in [3.05, 3.63) is 0 Å². The lowest BCUT2D eigenvalue weighted by Gasteiger charge is -2.57. The lowest BCUT2D eigenvalue weighted by Crippen LogP contribution is -2.58. The molecule has 0 aromatic carbocycles. The van der Waals surface area contributed by atoms with Gasteiger partial charge < -0.3 is 10.2 Å². The molecule has 1 atom stereocenters. The second-order valence-corrected chi connectivity index (χ2v) is 6.94. The highest BCUT2D eigenvalue weighted by atomic mass is 16.4. The van der Waals surface area contributed by atoms with Crippen molar-refractivity contribution < 1.29 is 15.0 Å². The zero-order chi connectivity index (χ0) is 12.9. The Morgan fingerprint density at radius 3 is 2.00 bits per heavy atom. The van der Waals surface area contributed by atoms with E-state index in [0.717, 1.165) is 43.9 Å². The van der Waals surface area contributed by atoms with E-state index in [-0.39, 0.29) is 5.92 Å². The summed E-state index contributed by atoms with van der Waals surface area (Å²) in [7, 11) is 0. The zero-order valence-electron chi connectivity index (χ0n) is 11.1. The van der Waals surface area contributed by atoms with Crippen LogP contribution in [0.1, 0.15) is 51.9 Å². The van der Waals surface area contributed by atoms with Gasteiger partial charge in [0.2, 0.25) is 0 Å². The maximum Gasteiger partial charge on any atom is 0.335 e. The highest BCUT2D eigenvalue weighted by Crippen LogP contribution is 2.59. The Morgan fingerprint density at radius 2 is 1.61 bits per heavy atom. The molecule has 4 rings (SSSR count). The van der Waals surface area contributed by atoms with Crippen molar-refractivity contribution in [3.8, 4) is 0 Å². The van der Waals surface area contributed by atoms with Crippen LogP contribution < -0.4 is 0 Å². The smallest absolute Gasteiger partial charge is 0.335 e. The first-order chi connectivity index (χ1) is 8.54. The standard InChI is InChI=1S/C15H24O3/c1-2-3-15(18,14(16)17)13-11-5-9-4-10(7-11)8-12(13)6-9/h9-13,18H,2-8H2,1H3,(H,16,17). The van der Waals surface area contributed by atoms with E-state index in [4.69, 9.17) is 0 Å². The Balaban J connectivity index is 1.88. The van der Waals surface area contributed by atoms with Gasteiger partial charge in [-0.15, -0.1) is 0 Å². The third-order valence-corrected chi connectivity index (χ3v) is 5.78. The van der Waals surface area contributed by atoms with Crippen molar-refractivity contribution >= 4 is 5.97 Å². The fourth-order valence-electron chi connectivity index (χ4n) is 5.50. The molecule has 0 spiro atoms. The van der Waals surface area contributed by atoms with Crippen molar-refractivity contribution in [1.29, 1.82) is 0 Å². The Morgan fingerprint density at radius 1 is 1.11 bits per heavy atom. The third-order valence-electron chi connectivity index (χ3n) is 5.78. The van der Waals surface area contributed by atoms with E-state index in [1.54, 1.807) is 0 Å². The SMILES string of the molecule is CCCC(O)(C(=O)O)C1C2CC3CC(C2)CC1C3. The van der Waals surface area contributed by atoms with Gasteiger partial charge in [-0.1, -0.05) is 13.3 Å². The second-order valence-electron chi connectivity index (χ2n) is 6.94. The monoisotopic (exact) mass is 252 g/mol. The van der Waals surface area contributed by atoms with E-state index >= 15 is 0 Å². The normalized spacial score (nSPS) is 44.9. The predicted molar refractivity (Wildman–Crippen MR) is 68.0 cm³/mol. The number of aliphatic carboxylic acids is 1. The first kappa shape index (κ1) is 12.5. The molecule has 18 heavy (non-hydrogen) atoms. The van der Waals surface area contributed by atoms with E-state index in [1.165, 1.54) is 6.42 Å². The molecule has 4 fully saturated rings. The quantitative estimate of drug-likeness (QED) is 0.808. The van der Waals surface area contributed by atoms with Gasteiger partial charge in [0.05, 0.1) is 0 Å². The molecular formula is C15H24O3. The number of hydrogen-bond donors (Lipinski definition) is 2. The van der Waals surface area contributed by atoms with Gasteiger partial charge >= 0.3 is 5.97 Å². The molecule has 2 N–H and O–H groups in total. The van der Waals surface area contributed by atoms with Gasteiger partial charge in [-0.05, 0) is 62.2 Å². The average molecular weight is 252 g/mol. The van der Waals surface area contributed by atoms with Crippen LogP contribution in [0, 0.1) is 29.6 Å². The molecule has 0 aromatic heterocycles. The fraction of sp³-hybridized carbons (Fsp3) is 0.933. The molecule has 0 amide bonds. The lowest BCUT2D eigenvalue weighted by atomic mass is 9.48. The Labute approximate surface area is 109 Å². The first-order valence-electron chi connectivity index (χ1n) is 7.50. The number of rotatable bonds is 4. The average Bonchev–Trinajstić information content (AvgIpc) is 2.27. The molecule has 102 valence electrons. The summed E-state index contributed by atoms with van der Waals surface area (Å²) in [6, 6.07) is 0. The maximum atomic E-state index is 11.6. The Kier molecular flexibility index (Phi) is 2.92. The van der Waals surface area contributed by atoms with E-state index < -0.39 is 11.6 Å². The number of carboxylic acids is 1. The zero-order valence-corrected chi connectivity index (χ0v) is 11.1. The molecule has 3 heteroatoms. The first-order valence-corrected chi connectivity index (χ1v) is 7.50. The summed E-state index contributed by atoms with van der Waals surface area (Å²) in [6.07, 6.45) is 7.17. The van der Waals surface area contributed by atoms with Gasteiger partial charge in [-0.3, -0.25) is 0 Å². The van der Waals surface area contributed by atoms with Crippen LogP contribution in [0.5, 0.6) is 0 Å². The molecular weight excluding hydrogens is 228 g/mol. The minimum Gasteiger partial charge on any atom is -0.479 e. The topological polar surface area (TPSA) is 57.5 Å². The maximum absolute atomic E-state index is 11.6. The third kappa shape index (κ3) is 1.70. The summed E-state index contributed by atoms with van der Waals surface area (Å²) >= 11 is 0. The van der Waals surface area contributed by atoms with Crippen molar-refractivity contribution in [2.24, 2.45) is 29.6 Å². The minimum atomic E-state index is -1.46. The highest BCUT2D eigenvalue weighted by molar-refractivity contribution is 5.77. The van der Waals surface area contributed by atoms with Crippen molar-refractivity contribution in [3.63, 3.8) is 0 Å². The molecule has 4 aliphatic rings. The van der Waals surface area contributed by atoms with E-state index in [2.05, 4.69) is 0 Å². The summed E-state index contributed by atoms with van der Waals surface area (Å²) in [4.78, 5) is 11.6. The van der Waals surface area contributed by atoms with Crippen molar-refractivity contribution in [2.45, 2.75) is 57.5 Å². The molecule has 0 aromatic rings. The van der Waals surface area contributed by atoms with Gasteiger partial charge in [-0.25, -0.2) is 4.79 Å². The van der Waals surface area contributed by atoms with Crippen LogP contribution in [-0.4, -0.2) is 21.8 Å². The highest BCUT2D eigenvalue weighted by Gasteiger charge is 2.57. The van der Waals surface area contributed by atoms with Gasteiger partial charge in [0.25, 0.3) is 0 Å². The van der Waals surface area contributed by atoms with E-state index in [1.807, 2.05) is 6.92 Å². The number of carboxylic acid groups (broad SMARTS) is 1. The number of aliphatic hydroxyl groups is 1. The van der Waals surface area contributed by atoms with Gasteiger partial charge in [0, 0.05) is 5.92 Å². The molecule has 4 aliphatic carbocycles. The molecule has 0 saturated heterocycles. The molecule has 1 unspecified atom stereocenters. The van der Waals surface area contributed by atoms with Gasteiger partial charge in [0.1, 0.15) is 0 Å².